The fourth-order valence-corrected chi connectivity index (χ4v) is 2.86. The van der Waals surface area contributed by atoms with Crippen LogP contribution in [-0.2, 0) is 22.6 Å². The summed E-state index contributed by atoms with van der Waals surface area (Å²) in [5.74, 6) is 0.650. The molecule has 0 saturated carbocycles. The predicted molar refractivity (Wildman–Crippen MR) is 100 cm³/mol. The molecule has 0 aliphatic rings. The molecule has 0 aliphatic heterocycles. The largest absolute Gasteiger partial charge is 0.494 e. The summed E-state index contributed by atoms with van der Waals surface area (Å²) in [6.45, 7) is 6.62. The Hall–Kier alpha value is -2.81. The van der Waals surface area contributed by atoms with Gasteiger partial charge in [0, 0.05) is 12.2 Å². The Balaban J connectivity index is 2.03. The standard InChI is InChI=1S/C17H21N5O3S/c1-3-9-22-15(20-21-17(22)26-11-14(18)23)10-16(24)19-12-5-7-13(8-6-12)25-4-2/h3,5-8H,1,4,9-11H2,2H3,(H2,18,23)(H,19,24). The van der Waals surface area contributed by atoms with Gasteiger partial charge in [0.2, 0.25) is 11.8 Å². The zero-order chi connectivity index (χ0) is 18.9. The summed E-state index contributed by atoms with van der Waals surface area (Å²) in [7, 11) is 0. The highest BCUT2D eigenvalue weighted by Crippen LogP contribution is 2.18. The first-order valence-electron chi connectivity index (χ1n) is 8.00. The van der Waals surface area contributed by atoms with E-state index in [1.807, 2.05) is 6.92 Å². The molecule has 0 aliphatic carbocycles. The number of carbonyl (C=O) groups excluding carboxylic acids is 2. The summed E-state index contributed by atoms with van der Waals surface area (Å²) in [6.07, 6.45) is 1.72. The summed E-state index contributed by atoms with van der Waals surface area (Å²) in [6, 6.07) is 7.12. The number of hydrogen-bond acceptors (Lipinski definition) is 6. The second-order valence-corrected chi connectivity index (χ2v) is 6.18. The van der Waals surface area contributed by atoms with Gasteiger partial charge in [0.15, 0.2) is 5.16 Å². The van der Waals surface area contributed by atoms with E-state index in [4.69, 9.17) is 10.5 Å². The second kappa shape index (κ2) is 9.62. The number of ether oxygens (including phenoxy) is 1. The SMILES string of the molecule is C=CCn1c(CC(=O)Nc2ccc(OCC)cc2)nnc1SCC(N)=O. The smallest absolute Gasteiger partial charge is 0.232 e. The van der Waals surface area contributed by atoms with Crippen LogP contribution in [0.1, 0.15) is 12.7 Å². The van der Waals surface area contributed by atoms with Crippen molar-refractivity contribution in [1.29, 1.82) is 0 Å². The monoisotopic (exact) mass is 375 g/mol. The minimum absolute atomic E-state index is 0.0468. The molecule has 1 aromatic heterocycles. The lowest BCUT2D eigenvalue weighted by atomic mass is 10.3. The molecular formula is C17H21N5O3S. The van der Waals surface area contributed by atoms with Crippen LogP contribution in [0.3, 0.4) is 0 Å². The number of primary amides is 1. The van der Waals surface area contributed by atoms with Gasteiger partial charge in [-0.15, -0.1) is 16.8 Å². The fourth-order valence-electron chi connectivity index (χ4n) is 2.15. The van der Waals surface area contributed by atoms with Gasteiger partial charge in [-0.3, -0.25) is 9.59 Å². The van der Waals surface area contributed by atoms with Gasteiger partial charge < -0.3 is 20.4 Å². The van der Waals surface area contributed by atoms with E-state index in [1.54, 1.807) is 34.9 Å². The minimum Gasteiger partial charge on any atom is -0.494 e. The summed E-state index contributed by atoms with van der Waals surface area (Å²) in [5.41, 5.74) is 5.82. The third-order valence-electron chi connectivity index (χ3n) is 3.22. The molecule has 2 rings (SSSR count). The van der Waals surface area contributed by atoms with Crippen molar-refractivity contribution in [2.75, 3.05) is 17.7 Å². The lowest BCUT2D eigenvalue weighted by Gasteiger charge is -2.09. The number of benzene rings is 1. The lowest BCUT2D eigenvalue weighted by Crippen LogP contribution is -2.18. The molecule has 9 heteroatoms. The van der Waals surface area contributed by atoms with Crippen LogP contribution in [0, 0.1) is 0 Å². The molecule has 0 unspecified atom stereocenters. The predicted octanol–water partition coefficient (Wildman–Crippen LogP) is 1.62. The van der Waals surface area contributed by atoms with E-state index in [2.05, 4.69) is 22.1 Å². The molecule has 3 N–H and O–H groups in total. The van der Waals surface area contributed by atoms with Crippen LogP contribution in [0.2, 0.25) is 0 Å². The van der Waals surface area contributed by atoms with Crippen molar-refractivity contribution in [3.05, 3.63) is 42.7 Å². The van der Waals surface area contributed by atoms with Gasteiger partial charge >= 0.3 is 0 Å². The number of nitrogens with two attached hydrogens (primary N) is 1. The van der Waals surface area contributed by atoms with Crippen molar-refractivity contribution in [3.8, 4) is 5.75 Å². The number of thioether (sulfide) groups is 1. The highest BCUT2D eigenvalue weighted by Gasteiger charge is 2.15. The van der Waals surface area contributed by atoms with Crippen LogP contribution < -0.4 is 15.8 Å². The average Bonchev–Trinajstić information content (AvgIpc) is 2.97. The number of anilines is 1. The summed E-state index contributed by atoms with van der Waals surface area (Å²) in [5, 5.41) is 11.4. The third kappa shape index (κ3) is 5.62. The highest BCUT2D eigenvalue weighted by molar-refractivity contribution is 7.99. The van der Waals surface area contributed by atoms with Crippen LogP contribution >= 0.6 is 11.8 Å². The Morgan fingerprint density at radius 1 is 1.35 bits per heavy atom. The first-order valence-corrected chi connectivity index (χ1v) is 8.98. The molecule has 0 saturated heterocycles. The van der Waals surface area contributed by atoms with Crippen molar-refractivity contribution in [1.82, 2.24) is 14.8 Å². The molecule has 26 heavy (non-hydrogen) atoms. The molecular weight excluding hydrogens is 354 g/mol. The Morgan fingerprint density at radius 3 is 2.69 bits per heavy atom. The third-order valence-corrected chi connectivity index (χ3v) is 4.21. The van der Waals surface area contributed by atoms with Gasteiger partial charge in [-0.1, -0.05) is 17.8 Å². The molecule has 138 valence electrons. The molecule has 8 nitrogen and oxygen atoms in total. The van der Waals surface area contributed by atoms with Gasteiger partial charge in [-0.2, -0.15) is 0 Å². The number of aromatic nitrogens is 3. The number of amides is 2. The second-order valence-electron chi connectivity index (χ2n) is 5.24. The fraction of sp³-hybridized carbons (Fsp3) is 0.294. The van der Waals surface area contributed by atoms with Crippen LogP contribution in [0.5, 0.6) is 5.75 Å². The van der Waals surface area contributed by atoms with E-state index in [0.29, 0.717) is 29.8 Å². The molecule has 2 aromatic rings. The molecule has 2 amide bonds. The molecule has 0 atom stereocenters. The first kappa shape index (κ1) is 19.5. The zero-order valence-corrected chi connectivity index (χ0v) is 15.3. The van der Waals surface area contributed by atoms with Crippen molar-refractivity contribution < 1.29 is 14.3 Å². The number of allylic oxidation sites excluding steroid dienone is 1. The lowest BCUT2D eigenvalue weighted by molar-refractivity contribution is -0.116. The van der Waals surface area contributed by atoms with Crippen molar-refractivity contribution in [3.63, 3.8) is 0 Å². The van der Waals surface area contributed by atoms with E-state index >= 15 is 0 Å². The number of hydrogen-bond donors (Lipinski definition) is 2. The quantitative estimate of drug-likeness (QED) is 0.482. The maximum Gasteiger partial charge on any atom is 0.232 e. The molecule has 1 aromatic carbocycles. The topological polar surface area (TPSA) is 112 Å². The maximum atomic E-state index is 12.3. The molecule has 0 fully saturated rings. The highest BCUT2D eigenvalue weighted by atomic mass is 32.2. The number of carbonyl (C=O) groups is 2. The summed E-state index contributed by atoms with van der Waals surface area (Å²) < 4.78 is 7.10. The Morgan fingerprint density at radius 2 is 2.08 bits per heavy atom. The molecule has 0 bridgehead atoms. The van der Waals surface area contributed by atoms with Crippen molar-refractivity contribution >= 4 is 29.3 Å². The van der Waals surface area contributed by atoms with E-state index in [-0.39, 0.29) is 18.1 Å². The van der Waals surface area contributed by atoms with Crippen molar-refractivity contribution in [2.24, 2.45) is 5.73 Å². The van der Waals surface area contributed by atoms with Gasteiger partial charge in [-0.05, 0) is 31.2 Å². The van der Waals surface area contributed by atoms with Crippen LogP contribution in [0.4, 0.5) is 5.69 Å². The van der Waals surface area contributed by atoms with Crippen molar-refractivity contribution in [2.45, 2.75) is 25.0 Å². The Kier molecular flexibility index (Phi) is 7.22. The number of rotatable bonds is 10. The molecule has 0 radical (unpaired) electrons. The van der Waals surface area contributed by atoms with Gasteiger partial charge in [0.25, 0.3) is 0 Å². The van der Waals surface area contributed by atoms with Gasteiger partial charge in [0.05, 0.1) is 18.8 Å². The van der Waals surface area contributed by atoms with Gasteiger partial charge in [0.1, 0.15) is 11.6 Å². The zero-order valence-electron chi connectivity index (χ0n) is 14.5. The van der Waals surface area contributed by atoms with E-state index in [0.717, 1.165) is 5.75 Å². The first-order chi connectivity index (χ1) is 12.5. The minimum atomic E-state index is -0.446. The molecule has 0 spiro atoms. The summed E-state index contributed by atoms with van der Waals surface area (Å²) >= 11 is 1.17. The Labute approximate surface area is 155 Å². The normalized spacial score (nSPS) is 10.3. The number of nitrogens with zero attached hydrogens (tertiary/aromatic N) is 3. The van der Waals surface area contributed by atoms with Crippen LogP contribution in [0.25, 0.3) is 0 Å². The van der Waals surface area contributed by atoms with E-state index in [1.165, 1.54) is 11.8 Å². The molecule has 1 heterocycles. The van der Waals surface area contributed by atoms with Crippen LogP contribution in [0.15, 0.2) is 42.1 Å². The maximum absolute atomic E-state index is 12.3. The van der Waals surface area contributed by atoms with Gasteiger partial charge in [-0.25, -0.2) is 0 Å². The summed E-state index contributed by atoms with van der Waals surface area (Å²) in [4.78, 5) is 23.2. The number of nitrogens with one attached hydrogen (secondary N) is 1. The average molecular weight is 375 g/mol. The van der Waals surface area contributed by atoms with Crippen LogP contribution in [-0.4, -0.2) is 38.9 Å². The van der Waals surface area contributed by atoms with E-state index < -0.39 is 5.91 Å². The van der Waals surface area contributed by atoms with E-state index in [9.17, 15) is 9.59 Å². The Bertz CT molecular complexity index is 773.